The van der Waals surface area contributed by atoms with Gasteiger partial charge in [0.1, 0.15) is 0 Å². The van der Waals surface area contributed by atoms with E-state index >= 15 is 0 Å². The minimum atomic E-state index is -1.17. The van der Waals surface area contributed by atoms with Crippen LogP contribution in [0.5, 0.6) is 0 Å². The molecule has 0 aromatic rings. The maximum atomic E-state index is 12.3. The number of hydrogen-bond acceptors (Lipinski definition) is 6. The third kappa shape index (κ3) is 9.56. The topological polar surface area (TPSA) is 71.1 Å². The van der Waals surface area contributed by atoms with Crippen molar-refractivity contribution in [1.82, 2.24) is 0 Å². The Morgan fingerprint density at radius 2 is 1.22 bits per heavy atom. The van der Waals surface area contributed by atoms with Crippen LogP contribution in [0.4, 0.5) is 0 Å². The van der Waals surface area contributed by atoms with E-state index in [1.54, 1.807) is 20.8 Å². The number of ether oxygens (including phenoxy) is 4. The summed E-state index contributed by atoms with van der Waals surface area (Å²) in [5.74, 6) is -0.881. The molecule has 0 aliphatic carbocycles. The van der Waals surface area contributed by atoms with Crippen molar-refractivity contribution < 1.29 is 28.5 Å². The molecule has 0 fully saturated rings. The third-order valence-corrected chi connectivity index (χ3v) is 2.59. The predicted octanol–water partition coefficient (Wildman–Crippen LogP) is 2.58. The molecule has 0 amide bonds. The van der Waals surface area contributed by atoms with Crippen LogP contribution in [0.3, 0.4) is 0 Å². The van der Waals surface area contributed by atoms with Gasteiger partial charge < -0.3 is 18.9 Å². The molecule has 0 aromatic carbocycles. The van der Waals surface area contributed by atoms with E-state index in [2.05, 4.69) is 0 Å². The Bertz CT molecular complexity index is 370. The molecule has 0 N–H and O–H groups in total. The van der Waals surface area contributed by atoms with Gasteiger partial charge >= 0.3 is 11.9 Å². The Morgan fingerprint density at radius 1 is 0.826 bits per heavy atom. The van der Waals surface area contributed by atoms with E-state index < -0.39 is 29.7 Å². The Labute approximate surface area is 139 Å². The monoisotopic (exact) mass is 332 g/mol. The van der Waals surface area contributed by atoms with Gasteiger partial charge in [-0.2, -0.15) is 0 Å². The summed E-state index contributed by atoms with van der Waals surface area (Å²) in [4.78, 5) is 24.5. The number of esters is 2. The lowest BCUT2D eigenvalue weighted by Gasteiger charge is -2.30. The van der Waals surface area contributed by atoms with E-state index in [9.17, 15) is 9.59 Å². The van der Waals surface area contributed by atoms with Crippen molar-refractivity contribution in [2.75, 3.05) is 20.3 Å². The fraction of sp³-hybridized carbons (Fsp3) is 0.882. The molecule has 0 spiro atoms. The van der Waals surface area contributed by atoms with E-state index in [0.29, 0.717) is 0 Å². The van der Waals surface area contributed by atoms with E-state index in [-0.39, 0.29) is 25.0 Å². The highest BCUT2D eigenvalue weighted by Gasteiger charge is 2.40. The van der Waals surface area contributed by atoms with E-state index in [1.165, 1.54) is 7.11 Å². The van der Waals surface area contributed by atoms with Gasteiger partial charge in [-0.3, -0.25) is 0 Å². The smallest absolute Gasteiger partial charge is 0.338 e. The Kier molecular flexibility index (Phi) is 9.39. The van der Waals surface area contributed by atoms with Crippen LogP contribution in [0.25, 0.3) is 0 Å². The Hall–Kier alpha value is -1.14. The number of rotatable bonds is 9. The van der Waals surface area contributed by atoms with Gasteiger partial charge in [-0.05, 0) is 32.6 Å². The second kappa shape index (κ2) is 9.88. The highest BCUT2D eigenvalue weighted by molar-refractivity contribution is 5.85. The quantitative estimate of drug-likeness (QED) is 0.604. The summed E-state index contributed by atoms with van der Waals surface area (Å²) in [5.41, 5.74) is -0.642. The summed E-state index contributed by atoms with van der Waals surface area (Å²) in [6.45, 7) is 13.6. The molecule has 0 aliphatic rings. The summed E-state index contributed by atoms with van der Waals surface area (Å²) in [6.07, 6.45) is -2.33. The van der Waals surface area contributed by atoms with Crippen molar-refractivity contribution in [1.29, 1.82) is 0 Å². The van der Waals surface area contributed by atoms with Crippen LogP contribution in [0, 0.1) is 11.8 Å². The second-order valence-corrected chi connectivity index (χ2v) is 7.35. The molecular formula is C17H32O6. The summed E-state index contributed by atoms with van der Waals surface area (Å²) in [6, 6.07) is 0. The first-order valence-corrected chi connectivity index (χ1v) is 8.01. The molecule has 23 heavy (non-hydrogen) atoms. The first-order chi connectivity index (χ1) is 10.5. The van der Waals surface area contributed by atoms with Crippen LogP contribution in [-0.4, -0.2) is 50.1 Å². The molecule has 0 rings (SSSR count). The molecule has 6 heteroatoms. The van der Waals surface area contributed by atoms with Gasteiger partial charge in [0.2, 0.25) is 0 Å². The second-order valence-electron chi connectivity index (χ2n) is 7.35. The predicted molar refractivity (Wildman–Crippen MR) is 87.0 cm³/mol. The summed E-state index contributed by atoms with van der Waals surface area (Å²) >= 11 is 0. The average molecular weight is 332 g/mol. The molecule has 2 unspecified atom stereocenters. The molecule has 0 saturated carbocycles. The third-order valence-electron chi connectivity index (χ3n) is 2.59. The van der Waals surface area contributed by atoms with Gasteiger partial charge in [-0.15, -0.1) is 0 Å². The zero-order valence-electron chi connectivity index (χ0n) is 15.7. The zero-order chi connectivity index (χ0) is 18.2. The first kappa shape index (κ1) is 21.9. The summed E-state index contributed by atoms with van der Waals surface area (Å²) in [7, 11) is 1.34. The molecule has 0 saturated heterocycles. The van der Waals surface area contributed by atoms with Crippen molar-refractivity contribution in [3.63, 3.8) is 0 Å². The largest absolute Gasteiger partial charge is 0.463 e. The lowest BCUT2D eigenvalue weighted by Crippen LogP contribution is -2.48. The van der Waals surface area contributed by atoms with Crippen LogP contribution in [-0.2, 0) is 28.5 Å². The maximum absolute atomic E-state index is 12.3. The van der Waals surface area contributed by atoms with Gasteiger partial charge in [0.25, 0.3) is 0 Å². The number of carbonyl (C=O) groups excluding carboxylic acids is 2. The maximum Gasteiger partial charge on any atom is 0.338 e. The summed E-state index contributed by atoms with van der Waals surface area (Å²) in [5, 5.41) is 0. The van der Waals surface area contributed by atoms with Crippen LogP contribution in [0.1, 0.15) is 48.5 Å². The lowest BCUT2D eigenvalue weighted by atomic mass is 10.1. The Morgan fingerprint density at radius 3 is 1.52 bits per heavy atom. The van der Waals surface area contributed by atoms with Crippen LogP contribution < -0.4 is 0 Å². The molecule has 2 atom stereocenters. The van der Waals surface area contributed by atoms with Crippen molar-refractivity contribution in [3.05, 3.63) is 0 Å². The minimum absolute atomic E-state index is 0.183. The highest BCUT2D eigenvalue weighted by atomic mass is 16.6. The van der Waals surface area contributed by atoms with Gasteiger partial charge in [0, 0.05) is 7.11 Å². The van der Waals surface area contributed by atoms with E-state index in [1.807, 2.05) is 27.7 Å². The molecule has 6 nitrogen and oxygen atoms in total. The normalized spacial score (nSPS) is 14.7. The van der Waals surface area contributed by atoms with Crippen molar-refractivity contribution in [2.24, 2.45) is 11.8 Å². The van der Waals surface area contributed by atoms with Crippen molar-refractivity contribution in [3.8, 4) is 0 Å². The zero-order valence-corrected chi connectivity index (χ0v) is 15.7. The molecule has 0 aliphatic heterocycles. The number of methoxy groups -OCH3 is 1. The van der Waals surface area contributed by atoms with Crippen LogP contribution >= 0.6 is 0 Å². The molecule has 0 heterocycles. The lowest BCUT2D eigenvalue weighted by molar-refractivity contribution is -0.193. The SMILES string of the molecule is COC(C(=O)OCC(C)C)C(OC(C)(C)C)C(=O)OCC(C)C. The van der Waals surface area contributed by atoms with Gasteiger partial charge in [0.05, 0.1) is 18.8 Å². The molecule has 0 bridgehead atoms. The summed E-state index contributed by atoms with van der Waals surface area (Å²) < 4.78 is 21.3. The standard InChI is InChI=1S/C17H32O6/c1-11(2)9-21-15(18)13(20-8)14(23-17(5,6)7)16(19)22-10-12(3)4/h11-14H,9-10H2,1-8H3. The van der Waals surface area contributed by atoms with Gasteiger partial charge in [-0.1, -0.05) is 27.7 Å². The molecular weight excluding hydrogens is 300 g/mol. The molecule has 136 valence electrons. The van der Waals surface area contributed by atoms with Crippen molar-refractivity contribution in [2.45, 2.75) is 66.3 Å². The number of hydrogen-bond donors (Lipinski definition) is 0. The first-order valence-electron chi connectivity index (χ1n) is 8.01. The Balaban J connectivity index is 5.11. The van der Waals surface area contributed by atoms with E-state index in [0.717, 1.165) is 0 Å². The number of carbonyl (C=O) groups is 2. The molecule has 0 aromatic heterocycles. The molecule has 0 radical (unpaired) electrons. The van der Waals surface area contributed by atoms with E-state index in [4.69, 9.17) is 18.9 Å². The highest BCUT2D eigenvalue weighted by Crippen LogP contribution is 2.18. The minimum Gasteiger partial charge on any atom is -0.463 e. The fourth-order valence-electron chi connectivity index (χ4n) is 1.62. The van der Waals surface area contributed by atoms with Crippen molar-refractivity contribution >= 4 is 11.9 Å². The van der Waals surface area contributed by atoms with Gasteiger partial charge in [0.15, 0.2) is 12.2 Å². The van der Waals surface area contributed by atoms with Crippen LogP contribution in [0.15, 0.2) is 0 Å². The average Bonchev–Trinajstić information content (AvgIpc) is 2.40. The fourth-order valence-corrected chi connectivity index (χ4v) is 1.62. The van der Waals surface area contributed by atoms with Crippen LogP contribution in [0.2, 0.25) is 0 Å². The van der Waals surface area contributed by atoms with Gasteiger partial charge in [-0.25, -0.2) is 9.59 Å².